The van der Waals surface area contributed by atoms with Gasteiger partial charge in [-0.2, -0.15) is 13.2 Å². The molecule has 0 bridgehead atoms. The van der Waals surface area contributed by atoms with Crippen molar-refractivity contribution in [3.63, 3.8) is 0 Å². The molecule has 0 spiro atoms. The Bertz CT molecular complexity index is 1640. The molecule has 9 nitrogen and oxygen atoms in total. The average Bonchev–Trinajstić information content (AvgIpc) is 3.42. The molecule has 0 fully saturated rings. The number of rotatable bonds is 8. The lowest BCUT2D eigenvalue weighted by atomic mass is 9.86. The van der Waals surface area contributed by atoms with Gasteiger partial charge >= 0.3 is 18.4 Å². The highest BCUT2D eigenvalue weighted by Crippen LogP contribution is 2.35. The van der Waals surface area contributed by atoms with Crippen molar-refractivity contribution in [2.75, 3.05) is 22.1 Å². The predicted molar refractivity (Wildman–Crippen MR) is 181 cm³/mol. The molecule has 1 aliphatic rings. The van der Waals surface area contributed by atoms with Crippen LogP contribution in [-0.4, -0.2) is 40.8 Å². The van der Waals surface area contributed by atoms with Crippen molar-refractivity contribution in [3.8, 4) is 0 Å². The lowest BCUT2D eigenvalue weighted by molar-refractivity contribution is -0.137. The number of anilines is 3. The number of thiazole rings is 1. The Morgan fingerprint density at radius 2 is 1.48 bits per heavy atom. The molecule has 258 valence electrons. The van der Waals surface area contributed by atoms with Crippen LogP contribution in [0, 0.1) is 0 Å². The monoisotopic (exact) mass is 686 g/mol. The third-order valence-electron chi connectivity index (χ3n) is 7.10. The third kappa shape index (κ3) is 10.6. The van der Waals surface area contributed by atoms with Crippen molar-refractivity contribution in [1.82, 2.24) is 4.98 Å². The molecule has 2 aromatic carbocycles. The van der Waals surface area contributed by atoms with Gasteiger partial charge in [-0.05, 0) is 115 Å². The summed E-state index contributed by atoms with van der Waals surface area (Å²) in [6.45, 7) is 10.8. The minimum absolute atomic E-state index is 0.222. The largest absolute Gasteiger partial charge is 0.444 e. The topological polar surface area (TPSA) is 110 Å². The highest BCUT2D eigenvalue weighted by molar-refractivity contribution is 7.13. The van der Waals surface area contributed by atoms with Crippen LogP contribution < -0.4 is 15.5 Å². The van der Waals surface area contributed by atoms with Gasteiger partial charge in [0.15, 0.2) is 5.13 Å². The SMILES string of the molecule is CC(C)(C)OC(=O)Nc1nc(CCN(C(=O)OC(C)(C)C)c2ccc(NC(=O)C3=C(c4ccc(C(F)(F)F)cc4)CCCC3)cc2)cs1. The first-order valence-corrected chi connectivity index (χ1v) is 16.5. The van der Waals surface area contributed by atoms with E-state index in [1.54, 1.807) is 71.2 Å². The van der Waals surface area contributed by atoms with Crippen LogP contribution in [0.25, 0.3) is 5.57 Å². The highest BCUT2D eigenvalue weighted by atomic mass is 32.1. The number of halogens is 3. The second kappa shape index (κ2) is 14.8. The van der Waals surface area contributed by atoms with E-state index in [9.17, 15) is 27.6 Å². The van der Waals surface area contributed by atoms with Crippen LogP contribution in [0.1, 0.15) is 84.0 Å². The summed E-state index contributed by atoms with van der Waals surface area (Å²) < 4.78 is 50.2. The number of carbonyl (C=O) groups is 3. The third-order valence-corrected chi connectivity index (χ3v) is 7.91. The van der Waals surface area contributed by atoms with Gasteiger partial charge in [0.1, 0.15) is 11.2 Å². The maximum Gasteiger partial charge on any atom is 0.416 e. The average molecular weight is 687 g/mol. The van der Waals surface area contributed by atoms with Crippen LogP contribution >= 0.6 is 11.3 Å². The number of nitrogens with one attached hydrogen (secondary N) is 2. The van der Waals surface area contributed by atoms with E-state index >= 15 is 0 Å². The molecular weight excluding hydrogens is 645 g/mol. The molecule has 48 heavy (non-hydrogen) atoms. The molecule has 0 saturated heterocycles. The van der Waals surface area contributed by atoms with E-state index in [1.807, 2.05) is 0 Å². The number of alkyl halides is 3. The van der Waals surface area contributed by atoms with E-state index in [0.29, 0.717) is 52.6 Å². The first-order chi connectivity index (χ1) is 22.4. The summed E-state index contributed by atoms with van der Waals surface area (Å²) in [5.74, 6) is -0.319. The zero-order valence-corrected chi connectivity index (χ0v) is 28.7. The normalized spacial score (nSPS) is 13.9. The van der Waals surface area contributed by atoms with Crippen molar-refractivity contribution in [3.05, 3.63) is 76.3 Å². The second-order valence-electron chi connectivity index (χ2n) is 13.4. The maximum atomic E-state index is 13.4. The first-order valence-electron chi connectivity index (χ1n) is 15.6. The number of benzene rings is 2. The van der Waals surface area contributed by atoms with Crippen LogP contribution in [0.3, 0.4) is 0 Å². The van der Waals surface area contributed by atoms with Gasteiger partial charge in [-0.15, -0.1) is 11.3 Å². The number of hydrogen-bond acceptors (Lipinski definition) is 7. The molecule has 3 amide bonds. The zero-order chi connectivity index (χ0) is 35.3. The van der Waals surface area contributed by atoms with Gasteiger partial charge in [-0.1, -0.05) is 12.1 Å². The fourth-order valence-corrected chi connectivity index (χ4v) is 5.74. The maximum absolute atomic E-state index is 13.4. The molecular formula is C35H41F3N4O5S. The van der Waals surface area contributed by atoms with Gasteiger partial charge in [-0.3, -0.25) is 15.0 Å². The Balaban J connectivity index is 1.47. The molecule has 1 aliphatic carbocycles. The van der Waals surface area contributed by atoms with Gasteiger partial charge in [-0.25, -0.2) is 14.6 Å². The molecule has 13 heteroatoms. The predicted octanol–water partition coefficient (Wildman–Crippen LogP) is 9.46. The van der Waals surface area contributed by atoms with Crippen molar-refractivity contribution in [2.45, 2.75) is 91.0 Å². The molecule has 1 heterocycles. The van der Waals surface area contributed by atoms with Gasteiger partial charge in [0, 0.05) is 35.3 Å². The molecule has 0 atom stereocenters. The van der Waals surface area contributed by atoms with Crippen molar-refractivity contribution >= 4 is 51.5 Å². The number of allylic oxidation sites excluding steroid dienone is 1. The number of nitrogens with zero attached hydrogens (tertiary/aromatic N) is 2. The van der Waals surface area contributed by atoms with Gasteiger partial charge < -0.3 is 14.8 Å². The fraction of sp³-hybridized carbons (Fsp3) is 0.429. The Labute approximate surface area is 282 Å². The zero-order valence-electron chi connectivity index (χ0n) is 27.9. The summed E-state index contributed by atoms with van der Waals surface area (Å²) in [4.78, 5) is 44.7. The smallest absolute Gasteiger partial charge is 0.416 e. The van der Waals surface area contributed by atoms with Crippen molar-refractivity contribution < 1.29 is 37.0 Å². The number of ether oxygens (including phenoxy) is 2. The van der Waals surface area contributed by atoms with Gasteiger partial charge in [0.2, 0.25) is 0 Å². The summed E-state index contributed by atoms with van der Waals surface area (Å²) in [6.07, 6.45) is -2.50. The van der Waals surface area contributed by atoms with E-state index < -0.39 is 35.1 Å². The van der Waals surface area contributed by atoms with E-state index in [2.05, 4.69) is 15.6 Å². The van der Waals surface area contributed by atoms with E-state index in [-0.39, 0.29) is 12.5 Å². The van der Waals surface area contributed by atoms with Gasteiger partial charge in [0.05, 0.1) is 11.3 Å². The minimum Gasteiger partial charge on any atom is -0.444 e. The lowest BCUT2D eigenvalue weighted by Gasteiger charge is -2.27. The van der Waals surface area contributed by atoms with Gasteiger partial charge in [0.25, 0.3) is 5.91 Å². The Kier molecular flexibility index (Phi) is 11.2. The molecule has 0 radical (unpaired) electrons. The van der Waals surface area contributed by atoms with Crippen LogP contribution in [-0.2, 0) is 26.9 Å². The van der Waals surface area contributed by atoms with Crippen LogP contribution in [0.5, 0.6) is 0 Å². The van der Waals surface area contributed by atoms with Crippen LogP contribution in [0.4, 0.5) is 39.3 Å². The number of amides is 3. The van der Waals surface area contributed by atoms with Crippen LogP contribution in [0.15, 0.2) is 59.5 Å². The summed E-state index contributed by atoms with van der Waals surface area (Å²) in [5, 5.41) is 7.69. The van der Waals surface area contributed by atoms with Crippen LogP contribution in [0.2, 0.25) is 0 Å². The highest BCUT2D eigenvalue weighted by Gasteiger charge is 2.30. The molecule has 1 aromatic heterocycles. The van der Waals surface area contributed by atoms with E-state index in [4.69, 9.17) is 9.47 Å². The molecule has 0 saturated carbocycles. The lowest BCUT2D eigenvalue weighted by Crippen LogP contribution is -2.38. The summed E-state index contributed by atoms with van der Waals surface area (Å²) in [6, 6.07) is 11.7. The summed E-state index contributed by atoms with van der Waals surface area (Å²) in [5.41, 5.74) is 1.45. The van der Waals surface area contributed by atoms with E-state index in [0.717, 1.165) is 30.5 Å². The summed E-state index contributed by atoms with van der Waals surface area (Å²) >= 11 is 1.24. The number of aromatic nitrogens is 1. The quantitative estimate of drug-likeness (QED) is 0.244. The molecule has 2 N–H and O–H groups in total. The fourth-order valence-electron chi connectivity index (χ4n) is 5.01. The Hall–Kier alpha value is -4.39. The Morgan fingerprint density at radius 1 is 0.854 bits per heavy atom. The second-order valence-corrected chi connectivity index (χ2v) is 14.3. The Morgan fingerprint density at radius 3 is 2.08 bits per heavy atom. The van der Waals surface area contributed by atoms with E-state index in [1.165, 1.54) is 28.4 Å². The first kappa shape index (κ1) is 36.4. The molecule has 3 aromatic rings. The number of hydrogen-bond donors (Lipinski definition) is 2. The minimum atomic E-state index is -4.43. The standard InChI is InChI=1S/C35H41F3N4O5S/c1-33(2,3)46-31(44)41-30-40-25(21-48-30)19-20-42(32(45)47-34(4,5)6)26-17-15-24(16-18-26)39-29(43)28-10-8-7-9-27(28)22-11-13-23(14-12-22)35(36,37)38/h11-18,21H,7-10,19-20H2,1-6H3,(H,39,43)(H,40,41,44). The molecule has 0 unspecified atom stereocenters. The van der Waals surface area contributed by atoms with Crippen molar-refractivity contribution in [2.24, 2.45) is 0 Å². The summed E-state index contributed by atoms with van der Waals surface area (Å²) in [7, 11) is 0. The molecule has 0 aliphatic heterocycles. The van der Waals surface area contributed by atoms with Crippen molar-refractivity contribution in [1.29, 1.82) is 0 Å². The number of carbonyl (C=O) groups excluding carboxylic acids is 3. The molecule has 4 rings (SSSR count).